The van der Waals surface area contributed by atoms with Gasteiger partial charge in [0.15, 0.2) is 9.84 Å². The van der Waals surface area contributed by atoms with Gasteiger partial charge in [-0.05, 0) is 43.7 Å². The summed E-state index contributed by atoms with van der Waals surface area (Å²) in [6.45, 7) is 4.29. The monoisotopic (exact) mass is 575 g/mol. The third-order valence-electron chi connectivity index (χ3n) is 6.76. The molecule has 0 aliphatic carbocycles. The van der Waals surface area contributed by atoms with Crippen molar-refractivity contribution in [3.05, 3.63) is 98.6 Å². The molecule has 2 amide bonds. The molecule has 2 aromatic carbocycles. The fraction of sp³-hybridized carbons (Fsp3) is 0.185. The summed E-state index contributed by atoms with van der Waals surface area (Å²) in [6, 6.07) is 9.89. The molecule has 1 aliphatic rings. The maximum atomic E-state index is 13.3. The first-order valence-electron chi connectivity index (χ1n) is 12.5. The number of nitrogens with one attached hydrogen (secondary N) is 3. The van der Waals surface area contributed by atoms with Crippen LogP contribution in [0, 0.1) is 24.0 Å². The maximum Gasteiger partial charge on any atom is 0.273 e. The Labute approximate surface area is 234 Å². The minimum Gasteiger partial charge on any atom is -0.358 e. The summed E-state index contributed by atoms with van der Waals surface area (Å²) < 4.78 is 28.1. The number of carbonyl (C=O) groups excluding carboxylic acids is 2. The molecule has 14 heteroatoms. The van der Waals surface area contributed by atoms with Crippen LogP contribution in [0.4, 0.5) is 11.4 Å². The van der Waals surface area contributed by atoms with Gasteiger partial charge in [0.1, 0.15) is 0 Å². The number of amides is 2. The van der Waals surface area contributed by atoms with Crippen LogP contribution >= 0.6 is 0 Å². The van der Waals surface area contributed by atoms with Gasteiger partial charge in [-0.25, -0.2) is 8.42 Å². The molecular weight excluding hydrogens is 550 g/mol. The fourth-order valence-corrected chi connectivity index (χ4v) is 6.12. The number of sulfone groups is 1. The van der Waals surface area contributed by atoms with Crippen molar-refractivity contribution in [1.82, 2.24) is 25.3 Å². The molecule has 0 atom stereocenters. The molecule has 0 unspecified atom stereocenters. The van der Waals surface area contributed by atoms with E-state index in [0.717, 1.165) is 0 Å². The number of nitro groups is 1. The molecule has 0 saturated carbocycles. The lowest BCUT2D eigenvalue weighted by atomic mass is 10.0. The first-order chi connectivity index (χ1) is 19.5. The molecule has 0 fully saturated rings. The lowest BCUT2D eigenvalue weighted by Crippen LogP contribution is -2.28. The molecule has 0 spiro atoms. The second kappa shape index (κ2) is 10.8. The Hall–Kier alpha value is -5.11. The number of hydrogen-bond donors (Lipinski definition) is 3. The maximum absolute atomic E-state index is 13.3. The zero-order valence-corrected chi connectivity index (χ0v) is 22.9. The van der Waals surface area contributed by atoms with Crippen LogP contribution in [0.5, 0.6) is 0 Å². The Kier molecular flexibility index (Phi) is 7.24. The predicted molar refractivity (Wildman–Crippen MR) is 150 cm³/mol. The Morgan fingerprint density at radius 2 is 1.98 bits per heavy atom. The number of nitrogens with zero attached hydrogens (tertiary/aromatic N) is 4. The van der Waals surface area contributed by atoms with Crippen molar-refractivity contribution in [3.8, 4) is 0 Å². The third-order valence-corrected chi connectivity index (χ3v) is 8.42. The van der Waals surface area contributed by atoms with Gasteiger partial charge in [0.25, 0.3) is 17.5 Å². The molecule has 3 N–H and O–H groups in total. The Bertz CT molecular complexity index is 1820. The van der Waals surface area contributed by atoms with Gasteiger partial charge in [-0.1, -0.05) is 23.4 Å². The number of aryl methyl sites for hydroxylation is 1. The van der Waals surface area contributed by atoms with Gasteiger partial charge in [-0.2, -0.15) is 0 Å². The first-order valence-corrected chi connectivity index (χ1v) is 14.1. The molecule has 4 aromatic rings. The lowest BCUT2D eigenvalue weighted by Gasteiger charge is -2.08. The normalized spacial score (nSPS) is 13.7. The van der Waals surface area contributed by atoms with Crippen LogP contribution in [-0.2, 0) is 26.9 Å². The highest BCUT2D eigenvalue weighted by atomic mass is 32.2. The summed E-state index contributed by atoms with van der Waals surface area (Å²) in [5.74, 6) is -1.30. The highest BCUT2D eigenvalue weighted by Crippen LogP contribution is 2.36. The topological polar surface area (TPSA) is 182 Å². The highest BCUT2D eigenvalue weighted by molar-refractivity contribution is 7.90. The van der Waals surface area contributed by atoms with Gasteiger partial charge < -0.3 is 15.6 Å². The number of H-pyrrole nitrogens is 1. The molecule has 1 aliphatic heterocycles. The summed E-state index contributed by atoms with van der Waals surface area (Å²) in [5, 5.41) is 24.5. The van der Waals surface area contributed by atoms with E-state index in [1.165, 1.54) is 42.5 Å². The molecule has 0 bridgehead atoms. The Morgan fingerprint density at radius 3 is 2.71 bits per heavy atom. The summed E-state index contributed by atoms with van der Waals surface area (Å²) >= 11 is 0. The summed E-state index contributed by atoms with van der Waals surface area (Å²) in [5.41, 5.74) is 2.97. The second-order valence-electron chi connectivity index (χ2n) is 9.45. The van der Waals surface area contributed by atoms with Crippen molar-refractivity contribution in [2.24, 2.45) is 0 Å². The number of carbonyl (C=O) groups is 2. The van der Waals surface area contributed by atoms with E-state index in [4.69, 9.17) is 0 Å². The van der Waals surface area contributed by atoms with Crippen LogP contribution in [-0.4, -0.2) is 51.7 Å². The minimum absolute atomic E-state index is 0.0625. The van der Waals surface area contributed by atoms with Crippen molar-refractivity contribution < 1.29 is 22.9 Å². The number of para-hydroxylation sites is 1. The lowest BCUT2D eigenvalue weighted by molar-refractivity contribution is -0.385. The smallest absolute Gasteiger partial charge is 0.273 e. The van der Waals surface area contributed by atoms with E-state index in [2.05, 4.69) is 25.9 Å². The second-order valence-corrected chi connectivity index (χ2v) is 11.4. The van der Waals surface area contributed by atoms with Crippen molar-refractivity contribution in [2.75, 3.05) is 11.9 Å². The molecule has 5 rings (SSSR count). The van der Waals surface area contributed by atoms with Crippen LogP contribution in [0.25, 0.3) is 11.6 Å². The highest BCUT2D eigenvalue weighted by Gasteiger charge is 2.29. The van der Waals surface area contributed by atoms with Crippen LogP contribution < -0.4 is 10.6 Å². The predicted octanol–water partition coefficient (Wildman–Crippen LogP) is 3.03. The number of fused-ring (bicyclic) bond motifs is 1. The quantitative estimate of drug-likeness (QED) is 0.155. The van der Waals surface area contributed by atoms with E-state index in [9.17, 15) is 28.1 Å². The summed E-state index contributed by atoms with van der Waals surface area (Å²) in [6.07, 6.45) is 4.82. The number of aromatic nitrogens is 4. The van der Waals surface area contributed by atoms with Crippen LogP contribution in [0.2, 0.25) is 0 Å². The van der Waals surface area contributed by atoms with Crippen molar-refractivity contribution in [2.45, 2.75) is 31.0 Å². The zero-order chi connectivity index (χ0) is 29.3. The van der Waals surface area contributed by atoms with Crippen molar-refractivity contribution >= 4 is 44.7 Å². The van der Waals surface area contributed by atoms with E-state index >= 15 is 0 Å². The standard InChI is InChI=1S/C27H25N7O6S/c1-16-23(30-17(2)25(16)27(36)28-9-11-33-12-10-29-32-33)14-21-20-13-19(7-8-22(20)31-26(21)35)41(39,40)15-18-5-3-4-6-24(18)34(37)38/h3-8,10,12-14,30H,9,11,15H2,1-2H3,(H,28,36)(H,31,35). The summed E-state index contributed by atoms with van der Waals surface area (Å²) in [7, 11) is -3.99. The van der Waals surface area contributed by atoms with Crippen molar-refractivity contribution in [3.63, 3.8) is 0 Å². The number of nitro benzene ring substituents is 1. The average molecular weight is 576 g/mol. The number of hydrogen-bond acceptors (Lipinski definition) is 8. The first kappa shape index (κ1) is 27.5. The van der Waals surface area contributed by atoms with Gasteiger partial charge in [0.2, 0.25) is 0 Å². The Morgan fingerprint density at radius 1 is 1.20 bits per heavy atom. The van der Waals surface area contributed by atoms with Gasteiger partial charge in [-0.15, -0.1) is 5.10 Å². The molecule has 13 nitrogen and oxygen atoms in total. The van der Waals surface area contributed by atoms with Crippen LogP contribution in [0.15, 0.2) is 59.8 Å². The molecule has 3 heterocycles. The third kappa shape index (κ3) is 5.49. The number of anilines is 1. The average Bonchev–Trinajstić information content (AvgIpc) is 3.62. The Balaban J connectivity index is 1.42. The van der Waals surface area contributed by atoms with Gasteiger partial charge in [0, 0.05) is 47.0 Å². The molecule has 210 valence electrons. The zero-order valence-electron chi connectivity index (χ0n) is 22.0. The largest absolute Gasteiger partial charge is 0.358 e. The molecule has 2 aromatic heterocycles. The molecule has 41 heavy (non-hydrogen) atoms. The van der Waals surface area contributed by atoms with Gasteiger partial charge in [-0.3, -0.25) is 24.4 Å². The van der Waals surface area contributed by atoms with Crippen molar-refractivity contribution in [1.29, 1.82) is 0 Å². The van der Waals surface area contributed by atoms with Crippen LogP contribution in [0.1, 0.15) is 38.4 Å². The van der Waals surface area contributed by atoms with Gasteiger partial charge in [0.05, 0.1) is 39.4 Å². The fourth-order valence-electron chi connectivity index (χ4n) is 4.73. The molecule has 0 saturated heterocycles. The van der Waals surface area contributed by atoms with Crippen LogP contribution in [0.3, 0.4) is 0 Å². The number of rotatable bonds is 9. The minimum atomic E-state index is -3.99. The SMILES string of the molecule is Cc1[nH]c(C=C2C(=O)Nc3ccc(S(=O)(=O)Cc4ccccc4[N+](=O)[O-])cc32)c(C)c1C(=O)NCCn1ccnn1. The van der Waals surface area contributed by atoms with Gasteiger partial charge >= 0.3 is 0 Å². The molecular formula is C27H25N7O6S. The van der Waals surface area contributed by atoms with E-state index in [0.29, 0.717) is 46.9 Å². The molecule has 0 radical (unpaired) electrons. The number of benzene rings is 2. The van der Waals surface area contributed by atoms with E-state index in [-0.39, 0.29) is 27.6 Å². The summed E-state index contributed by atoms with van der Waals surface area (Å²) in [4.78, 5) is 39.6. The van der Waals surface area contributed by atoms with E-state index < -0.39 is 26.4 Å². The van der Waals surface area contributed by atoms with E-state index in [1.807, 2.05) is 0 Å². The van der Waals surface area contributed by atoms with E-state index in [1.54, 1.807) is 37.0 Å². The number of aromatic amines is 1.